The van der Waals surface area contributed by atoms with Crippen molar-refractivity contribution >= 4 is 9.52 Å². The lowest BCUT2D eigenvalue weighted by molar-refractivity contribution is -0.0827. The minimum Gasteiger partial charge on any atom is -0.400 e. The Bertz CT molecular complexity index is 90.1. The molecule has 0 aliphatic carbocycles. The second kappa shape index (κ2) is 15.5. The van der Waals surface area contributed by atoms with Gasteiger partial charge >= 0.3 is 0 Å². The molecule has 0 saturated carbocycles. The molecule has 3 N–H and O–H groups in total. The van der Waals surface area contributed by atoms with Crippen LogP contribution in [0.15, 0.2) is 0 Å². The molecule has 0 saturated heterocycles. The van der Waals surface area contributed by atoms with Gasteiger partial charge in [-0.1, -0.05) is 6.04 Å². The van der Waals surface area contributed by atoms with Gasteiger partial charge in [0.15, 0.2) is 0 Å². The van der Waals surface area contributed by atoms with E-state index in [4.69, 9.17) is 20.3 Å². The molecule has 14 heavy (non-hydrogen) atoms. The van der Waals surface area contributed by atoms with Crippen LogP contribution in [0.5, 0.6) is 0 Å². The number of ether oxygens (including phenoxy) is 2. The summed E-state index contributed by atoms with van der Waals surface area (Å²) in [5.41, 5.74) is 5.40. The van der Waals surface area contributed by atoms with Gasteiger partial charge in [0.25, 0.3) is 0 Å². The summed E-state index contributed by atoms with van der Waals surface area (Å²) in [5.74, 6) is 0.117. The Hall–Kier alpha value is 0.0569. The molecule has 0 aromatic heterocycles. The van der Waals surface area contributed by atoms with Gasteiger partial charge in [-0.25, -0.2) is 0 Å². The van der Waals surface area contributed by atoms with Crippen LogP contribution >= 0.6 is 0 Å². The van der Waals surface area contributed by atoms with Crippen LogP contribution in [0, 0.1) is 0 Å². The lowest BCUT2D eigenvalue weighted by Gasteiger charge is -2.15. The zero-order valence-electron chi connectivity index (χ0n) is 9.66. The molecule has 0 aromatic rings. The van der Waals surface area contributed by atoms with Crippen LogP contribution in [0.1, 0.15) is 20.3 Å². The van der Waals surface area contributed by atoms with E-state index >= 15 is 0 Å². The number of aliphatic hydroxyl groups is 1. The number of rotatable bonds is 8. The highest BCUT2D eigenvalue weighted by Crippen LogP contribution is 1.97. The highest BCUT2D eigenvalue weighted by molar-refractivity contribution is 6.36. The molecule has 0 heterocycles. The molecule has 0 aliphatic rings. The first kappa shape index (κ1) is 16.5. The average Bonchev–Trinajstić information content (AvgIpc) is 2.22. The van der Waals surface area contributed by atoms with E-state index in [1.807, 2.05) is 13.8 Å². The lowest BCUT2D eigenvalue weighted by atomic mass is 10.5. The van der Waals surface area contributed by atoms with Gasteiger partial charge in [0.05, 0.1) is 9.52 Å². The van der Waals surface area contributed by atoms with Gasteiger partial charge in [-0.2, -0.15) is 0 Å². The first-order chi connectivity index (χ1) is 6.85. The Morgan fingerprint density at radius 1 is 1.21 bits per heavy atom. The van der Waals surface area contributed by atoms with Crippen molar-refractivity contribution in [2.75, 3.05) is 26.9 Å². The number of aliphatic hydroxyl groups excluding tert-OH is 1. The molecule has 4 nitrogen and oxygen atoms in total. The first-order valence-electron chi connectivity index (χ1n) is 5.23. The lowest BCUT2D eigenvalue weighted by Crippen LogP contribution is -2.24. The Kier molecular flexibility index (Phi) is 18.3. The average molecular weight is 223 g/mol. The molecule has 0 atom stereocenters. The van der Waals surface area contributed by atoms with Crippen LogP contribution in [-0.2, 0) is 9.47 Å². The molecule has 5 heteroatoms. The largest absolute Gasteiger partial charge is 0.400 e. The van der Waals surface area contributed by atoms with Crippen molar-refractivity contribution in [2.45, 2.75) is 32.2 Å². The van der Waals surface area contributed by atoms with E-state index in [0.29, 0.717) is 0 Å². The predicted octanol–water partition coefficient (Wildman–Crippen LogP) is -0.113. The van der Waals surface area contributed by atoms with E-state index in [9.17, 15) is 0 Å². The maximum Gasteiger partial charge on any atom is 0.134 e. The SMILES string of the molecule is CCOC(OCC)[SiH2]CCCN.CO. The summed E-state index contributed by atoms with van der Waals surface area (Å²) in [6.07, 6.45) is 1.11. The molecule has 0 spiro atoms. The van der Waals surface area contributed by atoms with Gasteiger partial charge in [-0.3, -0.25) is 0 Å². The van der Waals surface area contributed by atoms with Crippen molar-refractivity contribution in [3.8, 4) is 0 Å². The molecular weight excluding hydrogens is 198 g/mol. The van der Waals surface area contributed by atoms with Crippen LogP contribution in [0.25, 0.3) is 0 Å². The summed E-state index contributed by atoms with van der Waals surface area (Å²) >= 11 is 0. The fourth-order valence-electron chi connectivity index (χ4n) is 1.04. The zero-order valence-corrected chi connectivity index (χ0v) is 11.1. The molecule has 0 rings (SSSR count). The van der Waals surface area contributed by atoms with E-state index in [1.54, 1.807) is 0 Å². The zero-order chi connectivity index (χ0) is 11.2. The summed E-state index contributed by atoms with van der Waals surface area (Å²) in [6.45, 7) is 6.30. The van der Waals surface area contributed by atoms with E-state index in [1.165, 1.54) is 6.04 Å². The quantitative estimate of drug-likeness (QED) is 0.342. The van der Waals surface area contributed by atoms with Gasteiger partial charge in [0.1, 0.15) is 5.91 Å². The molecule has 88 valence electrons. The minimum atomic E-state index is -0.232. The summed E-state index contributed by atoms with van der Waals surface area (Å²) < 4.78 is 10.9. The summed E-state index contributed by atoms with van der Waals surface area (Å²) in [6, 6.07) is 1.22. The van der Waals surface area contributed by atoms with E-state index in [0.717, 1.165) is 33.3 Å². The number of hydrogen-bond donors (Lipinski definition) is 2. The van der Waals surface area contributed by atoms with Crippen molar-refractivity contribution < 1.29 is 14.6 Å². The van der Waals surface area contributed by atoms with Crippen LogP contribution in [0.2, 0.25) is 6.04 Å². The molecule has 0 unspecified atom stereocenters. The summed E-state index contributed by atoms with van der Waals surface area (Å²) in [7, 11) is 0.768. The molecule has 0 amide bonds. The monoisotopic (exact) mass is 223 g/mol. The highest BCUT2D eigenvalue weighted by atomic mass is 28.2. The van der Waals surface area contributed by atoms with Gasteiger partial charge in [-0.15, -0.1) is 0 Å². The van der Waals surface area contributed by atoms with Crippen molar-refractivity contribution in [1.29, 1.82) is 0 Å². The minimum absolute atomic E-state index is 0.117. The van der Waals surface area contributed by atoms with Gasteiger partial charge in [0, 0.05) is 20.3 Å². The molecule has 0 aliphatic heterocycles. The smallest absolute Gasteiger partial charge is 0.134 e. The third-order valence-corrected chi connectivity index (χ3v) is 3.45. The van der Waals surface area contributed by atoms with Crippen molar-refractivity contribution in [2.24, 2.45) is 5.73 Å². The first-order valence-corrected chi connectivity index (χ1v) is 7.04. The van der Waals surface area contributed by atoms with Crippen LogP contribution in [-0.4, -0.2) is 47.4 Å². The van der Waals surface area contributed by atoms with E-state index in [-0.39, 0.29) is 15.4 Å². The number of nitrogens with two attached hydrogens (primary N) is 1. The molecule has 0 bridgehead atoms. The third kappa shape index (κ3) is 12.1. The fraction of sp³-hybridized carbons (Fsp3) is 1.00. The molecular formula is C9H25NO3Si. The Morgan fingerprint density at radius 3 is 2.07 bits per heavy atom. The highest BCUT2D eigenvalue weighted by Gasteiger charge is 2.06. The fourth-order valence-corrected chi connectivity index (χ4v) is 2.76. The summed E-state index contributed by atoms with van der Waals surface area (Å²) in [5, 5.41) is 7.00. The maximum atomic E-state index is 7.00. The number of hydrogen-bond acceptors (Lipinski definition) is 4. The van der Waals surface area contributed by atoms with Gasteiger partial charge in [0.2, 0.25) is 0 Å². The van der Waals surface area contributed by atoms with Gasteiger partial charge in [-0.05, 0) is 26.8 Å². The maximum absolute atomic E-state index is 7.00. The molecule has 0 aromatic carbocycles. The normalized spacial score (nSPS) is 10.7. The van der Waals surface area contributed by atoms with Crippen LogP contribution in [0.3, 0.4) is 0 Å². The second-order valence-corrected chi connectivity index (χ2v) is 4.58. The second-order valence-electron chi connectivity index (χ2n) is 2.62. The van der Waals surface area contributed by atoms with Crippen LogP contribution < -0.4 is 5.73 Å². The molecule has 0 fully saturated rings. The molecule has 0 radical (unpaired) electrons. The Labute approximate surface area is 89.6 Å². The van der Waals surface area contributed by atoms with E-state index in [2.05, 4.69) is 0 Å². The Balaban J connectivity index is 0. The summed E-state index contributed by atoms with van der Waals surface area (Å²) in [4.78, 5) is 0. The van der Waals surface area contributed by atoms with Gasteiger partial charge < -0.3 is 20.3 Å². The van der Waals surface area contributed by atoms with Crippen molar-refractivity contribution in [3.63, 3.8) is 0 Å². The third-order valence-electron chi connectivity index (χ3n) is 1.60. The van der Waals surface area contributed by atoms with Crippen molar-refractivity contribution in [1.82, 2.24) is 0 Å². The standard InChI is InChI=1S/C8H21NO2Si.CH4O/c1-3-10-8(11-4-2)12-7-5-6-9;1-2/h8H,3-7,9,12H2,1-2H3;2H,1H3. The van der Waals surface area contributed by atoms with Crippen LogP contribution in [0.4, 0.5) is 0 Å². The van der Waals surface area contributed by atoms with E-state index < -0.39 is 0 Å². The van der Waals surface area contributed by atoms with Crippen molar-refractivity contribution in [3.05, 3.63) is 0 Å². The topological polar surface area (TPSA) is 64.7 Å². The Morgan fingerprint density at radius 2 is 1.71 bits per heavy atom. The predicted molar refractivity (Wildman–Crippen MR) is 62.2 cm³/mol.